The van der Waals surface area contributed by atoms with Crippen molar-refractivity contribution in [3.63, 3.8) is 0 Å². The van der Waals surface area contributed by atoms with Gasteiger partial charge in [-0.15, -0.1) is 0 Å². The van der Waals surface area contributed by atoms with Crippen LogP contribution in [0.15, 0.2) is 187 Å². The first-order chi connectivity index (χ1) is 25.9. The van der Waals surface area contributed by atoms with E-state index >= 15 is 0 Å². The molecule has 0 bridgehead atoms. The fourth-order valence-electron chi connectivity index (χ4n) is 5.44. The number of ether oxygens (including phenoxy) is 1. The highest BCUT2D eigenvalue weighted by Gasteiger charge is 2.08. The summed E-state index contributed by atoms with van der Waals surface area (Å²) in [6, 6.07) is 50.9. The summed E-state index contributed by atoms with van der Waals surface area (Å²) in [4.78, 5) is 17.4. The Bertz CT molecular complexity index is 2360. The van der Waals surface area contributed by atoms with Crippen LogP contribution in [0.1, 0.15) is 11.1 Å². The molecule has 6 nitrogen and oxygen atoms in total. The molecule has 0 aliphatic rings. The molecule has 260 valence electrons. The molecule has 8 aromatic rings. The van der Waals surface area contributed by atoms with E-state index in [0.29, 0.717) is 0 Å². The van der Waals surface area contributed by atoms with E-state index in [2.05, 4.69) is 54.9 Å². The van der Waals surface area contributed by atoms with Gasteiger partial charge in [0.1, 0.15) is 17.2 Å². The van der Waals surface area contributed by atoms with E-state index in [0.717, 1.165) is 66.6 Å². The van der Waals surface area contributed by atoms with Gasteiger partial charge < -0.3 is 9.84 Å². The summed E-state index contributed by atoms with van der Waals surface area (Å²) in [6.45, 7) is 4.08. The van der Waals surface area contributed by atoms with Gasteiger partial charge in [0.05, 0.1) is 22.8 Å². The van der Waals surface area contributed by atoms with Gasteiger partial charge in [0, 0.05) is 51.5 Å². The Morgan fingerprint density at radius 2 is 0.906 bits per heavy atom. The van der Waals surface area contributed by atoms with E-state index in [1.165, 1.54) is 5.56 Å². The Hall–Kier alpha value is -6.44. The summed E-state index contributed by atoms with van der Waals surface area (Å²) in [6.07, 6.45) is 7.15. The molecule has 0 aliphatic heterocycles. The lowest BCUT2D eigenvalue weighted by Crippen LogP contribution is -1.90. The van der Waals surface area contributed by atoms with Gasteiger partial charge in [0.2, 0.25) is 0 Å². The molecule has 0 unspecified atom stereocenters. The largest absolute Gasteiger partial charge is 0.508 e. The van der Waals surface area contributed by atoms with Crippen molar-refractivity contribution in [1.29, 1.82) is 0 Å². The molecule has 4 aromatic heterocycles. The number of aryl methyl sites for hydroxylation is 2. The molecule has 0 spiro atoms. The molecule has 53 heavy (non-hydrogen) atoms. The van der Waals surface area contributed by atoms with Crippen LogP contribution in [0.25, 0.3) is 45.0 Å². The van der Waals surface area contributed by atoms with Crippen molar-refractivity contribution in [2.24, 2.45) is 0 Å². The van der Waals surface area contributed by atoms with Crippen molar-refractivity contribution >= 4 is 15.9 Å². The standard InChI is InChI=1S/C23H18N2O.C12H11NO.C11H8BrN/c1-17-11-12-20(16-21(17)23-10-3-5-14-25-23)26-19-8-6-7-18(15-19)22-9-2-4-13-24-22;1-9-5-6-10(14)8-11(9)12-4-2-3-7-13-12;12-10-5-3-4-9(8-10)11-6-1-2-7-13-11/h2-16H,1H3;2-8,14H,1H3;1-8H. The van der Waals surface area contributed by atoms with Crippen molar-refractivity contribution in [3.05, 3.63) is 198 Å². The monoisotopic (exact) mass is 756 g/mol. The summed E-state index contributed by atoms with van der Waals surface area (Å²) >= 11 is 3.43. The van der Waals surface area contributed by atoms with Crippen molar-refractivity contribution < 1.29 is 9.84 Å². The Morgan fingerprint density at radius 3 is 1.43 bits per heavy atom. The zero-order valence-electron chi connectivity index (χ0n) is 29.3. The molecule has 0 atom stereocenters. The number of halogens is 1. The van der Waals surface area contributed by atoms with Crippen LogP contribution in [0.5, 0.6) is 17.2 Å². The minimum Gasteiger partial charge on any atom is -0.508 e. The van der Waals surface area contributed by atoms with Gasteiger partial charge in [-0.05, 0) is 122 Å². The third-order valence-electron chi connectivity index (χ3n) is 8.13. The third-order valence-corrected chi connectivity index (χ3v) is 8.62. The molecule has 0 fully saturated rings. The van der Waals surface area contributed by atoms with Crippen molar-refractivity contribution in [2.75, 3.05) is 0 Å². The van der Waals surface area contributed by atoms with Crippen molar-refractivity contribution in [1.82, 2.24) is 19.9 Å². The summed E-state index contributed by atoms with van der Waals surface area (Å²) in [7, 11) is 0. The number of hydrogen-bond acceptors (Lipinski definition) is 6. The zero-order valence-corrected chi connectivity index (χ0v) is 30.9. The number of hydrogen-bond donors (Lipinski definition) is 1. The molecule has 0 radical (unpaired) electrons. The molecular formula is C46H37BrN4O2. The van der Waals surface area contributed by atoms with E-state index in [-0.39, 0.29) is 5.75 Å². The van der Waals surface area contributed by atoms with Crippen molar-refractivity contribution in [2.45, 2.75) is 13.8 Å². The first-order valence-electron chi connectivity index (χ1n) is 17.0. The maximum atomic E-state index is 9.37. The molecule has 4 heterocycles. The highest BCUT2D eigenvalue weighted by atomic mass is 79.9. The summed E-state index contributed by atoms with van der Waals surface area (Å²) in [5.41, 5.74) is 10.3. The van der Waals surface area contributed by atoms with Gasteiger partial charge in [0.25, 0.3) is 0 Å². The van der Waals surface area contributed by atoms with Gasteiger partial charge in [-0.25, -0.2) is 0 Å². The van der Waals surface area contributed by atoms with Gasteiger partial charge in [-0.2, -0.15) is 0 Å². The summed E-state index contributed by atoms with van der Waals surface area (Å²) in [5.74, 6) is 1.84. The maximum Gasteiger partial charge on any atom is 0.128 e. The molecule has 0 amide bonds. The van der Waals surface area contributed by atoms with Crippen LogP contribution in [-0.4, -0.2) is 25.0 Å². The van der Waals surface area contributed by atoms with Crippen LogP contribution < -0.4 is 4.74 Å². The van der Waals surface area contributed by atoms with Crippen molar-refractivity contribution in [3.8, 4) is 62.3 Å². The maximum absolute atomic E-state index is 9.37. The fourth-order valence-corrected chi connectivity index (χ4v) is 5.84. The van der Waals surface area contributed by atoms with E-state index in [9.17, 15) is 5.11 Å². The number of phenolic OH excluding ortho intramolecular Hbond substituents is 1. The highest BCUT2D eigenvalue weighted by molar-refractivity contribution is 9.10. The quantitative estimate of drug-likeness (QED) is 0.182. The minimum absolute atomic E-state index is 0.274. The van der Waals surface area contributed by atoms with Crippen LogP contribution in [0.2, 0.25) is 0 Å². The normalized spacial score (nSPS) is 10.2. The Morgan fingerprint density at radius 1 is 0.434 bits per heavy atom. The summed E-state index contributed by atoms with van der Waals surface area (Å²) < 4.78 is 7.18. The van der Waals surface area contributed by atoms with E-state index < -0.39 is 0 Å². The van der Waals surface area contributed by atoms with Crippen LogP contribution in [0.4, 0.5) is 0 Å². The summed E-state index contributed by atoms with van der Waals surface area (Å²) in [5, 5.41) is 9.37. The average Bonchev–Trinajstić information content (AvgIpc) is 3.21. The number of aromatic nitrogens is 4. The number of pyridine rings is 4. The second-order valence-corrected chi connectivity index (χ2v) is 12.9. The lowest BCUT2D eigenvalue weighted by molar-refractivity contribution is 0.475. The van der Waals surface area contributed by atoms with E-state index in [4.69, 9.17) is 4.74 Å². The number of nitrogens with zero attached hydrogens (tertiary/aromatic N) is 4. The number of aromatic hydroxyl groups is 1. The van der Waals surface area contributed by atoms with Gasteiger partial charge >= 0.3 is 0 Å². The average molecular weight is 758 g/mol. The minimum atomic E-state index is 0.274. The molecule has 8 rings (SSSR count). The smallest absolute Gasteiger partial charge is 0.128 e. The zero-order chi connectivity index (χ0) is 36.8. The highest BCUT2D eigenvalue weighted by Crippen LogP contribution is 2.31. The number of phenols is 1. The van der Waals surface area contributed by atoms with Crippen LogP contribution >= 0.6 is 15.9 Å². The topological polar surface area (TPSA) is 81.0 Å². The molecule has 7 heteroatoms. The SMILES string of the molecule is Brc1cccc(-c2ccccn2)c1.Cc1ccc(O)cc1-c1ccccn1.Cc1ccc(Oc2cccc(-c3ccccn3)c2)cc1-c1ccccn1. The number of rotatable bonds is 6. The Balaban J connectivity index is 0.000000150. The van der Waals surface area contributed by atoms with Gasteiger partial charge in [-0.3, -0.25) is 19.9 Å². The molecule has 0 saturated heterocycles. The molecule has 4 aromatic carbocycles. The third kappa shape index (κ3) is 10.3. The molecule has 0 aliphatic carbocycles. The lowest BCUT2D eigenvalue weighted by Gasteiger charge is -2.11. The fraction of sp³-hybridized carbons (Fsp3) is 0.0435. The predicted octanol–water partition coefficient (Wildman–Crippen LogP) is 12.2. The second-order valence-electron chi connectivity index (χ2n) is 12.0. The Labute approximate surface area is 318 Å². The predicted molar refractivity (Wildman–Crippen MR) is 218 cm³/mol. The molecular weight excluding hydrogens is 720 g/mol. The van der Waals surface area contributed by atoms with Gasteiger partial charge in [0.15, 0.2) is 0 Å². The van der Waals surface area contributed by atoms with Crippen LogP contribution in [0, 0.1) is 13.8 Å². The second kappa shape index (κ2) is 18.2. The first-order valence-corrected chi connectivity index (χ1v) is 17.8. The van der Waals surface area contributed by atoms with Crippen LogP contribution in [-0.2, 0) is 0 Å². The first kappa shape index (κ1) is 36.4. The molecule has 1 N–H and O–H groups in total. The Kier molecular flexibility index (Phi) is 12.5. The van der Waals surface area contributed by atoms with E-state index in [1.54, 1.807) is 36.9 Å². The van der Waals surface area contributed by atoms with Crippen LogP contribution in [0.3, 0.4) is 0 Å². The number of benzene rings is 4. The van der Waals surface area contributed by atoms with E-state index in [1.807, 2.05) is 140 Å². The van der Waals surface area contributed by atoms with Gasteiger partial charge in [-0.1, -0.05) is 76.6 Å². The lowest BCUT2D eigenvalue weighted by atomic mass is 10.0. The molecule has 0 saturated carbocycles.